The Morgan fingerprint density at radius 2 is 1.77 bits per heavy atom. The summed E-state index contributed by atoms with van der Waals surface area (Å²) < 4.78 is 5.32. The van der Waals surface area contributed by atoms with Crippen molar-refractivity contribution in [1.82, 2.24) is 10.6 Å². The van der Waals surface area contributed by atoms with Crippen molar-refractivity contribution in [2.75, 3.05) is 13.1 Å². The fourth-order valence-electron chi connectivity index (χ4n) is 3.26. The van der Waals surface area contributed by atoms with E-state index in [9.17, 15) is 4.79 Å². The Labute approximate surface area is 135 Å². The number of nitrogens with one attached hydrogen (secondary N) is 2. The van der Waals surface area contributed by atoms with Crippen LogP contribution < -0.4 is 10.6 Å². The number of hydrogen-bond donors (Lipinski definition) is 2. The molecule has 2 rings (SSSR count). The van der Waals surface area contributed by atoms with Crippen LogP contribution in [0, 0.1) is 17.8 Å². The molecule has 0 saturated heterocycles. The fraction of sp³-hybridized carbons (Fsp3) is 0.944. The molecular formula is C18H34N2O2. The first kappa shape index (κ1) is 17.6. The van der Waals surface area contributed by atoms with Crippen LogP contribution in [0.2, 0.25) is 0 Å². The molecule has 0 spiro atoms. The van der Waals surface area contributed by atoms with Gasteiger partial charge in [-0.05, 0) is 70.8 Å². The molecule has 0 aromatic rings. The predicted molar refractivity (Wildman–Crippen MR) is 89.9 cm³/mol. The van der Waals surface area contributed by atoms with Crippen LogP contribution in [0.25, 0.3) is 0 Å². The SMILES string of the molecule is CC1CCC(CNC(CNC(=O)OC(C)(C)C)C2CC2)CC1. The number of alkyl carbamates (subject to hydrolysis) is 1. The Kier molecular flexibility index (Phi) is 6.13. The quantitative estimate of drug-likeness (QED) is 0.786. The number of carbonyl (C=O) groups excluding carboxylic acids is 1. The van der Waals surface area contributed by atoms with Crippen LogP contribution in [0.3, 0.4) is 0 Å². The second-order valence-electron chi connectivity index (χ2n) is 8.36. The molecular weight excluding hydrogens is 276 g/mol. The highest BCUT2D eigenvalue weighted by molar-refractivity contribution is 5.67. The molecule has 0 aromatic carbocycles. The number of ether oxygens (including phenoxy) is 1. The van der Waals surface area contributed by atoms with E-state index in [2.05, 4.69) is 17.6 Å². The summed E-state index contributed by atoms with van der Waals surface area (Å²) in [6.45, 7) is 9.84. The van der Waals surface area contributed by atoms with E-state index in [4.69, 9.17) is 4.74 Å². The minimum Gasteiger partial charge on any atom is -0.444 e. The maximum atomic E-state index is 11.8. The van der Waals surface area contributed by atoms with Crippen molar-refractivity contribution in [1.29, 1.82) is 0 Å². The number of carbonyl (C=O) groups is 1. The van der Waals surface area contributed by atoms with Crippen LogP contribution in [-0.2, 0) is 4.74 Å². The van der Waals surface area contributed by atoms with Crippen LogP contribution in [0.5, 0.6) is 0 Å². The molecule has 2 N–H and O–H groups in total. The van der Waals surface area contributed by atoms with Gasteiger partial charge in [0.1, 0.15) is 5.60 Å². The fourth-order valence-corrected chi connectivity index (χ4v) is 3.26. The maximum absolute atomic E-state index is 11.8. The zero-order valence-electron chi connectivity index (χ0n) is 14.8. The molecule has 22 heavy (non-hydrogen) atoms. The Hall–Kier alpha value is -0.770. The van der Waals surface area contributed by atoms with Gasteiger partial charge in [0, 0.05) is 12.6 Å². The Morgan fingerprint density at radius 3 is 2.32 bits per heavy atom. The summed E-state index contributed by atoms with van der Waals surface area (Å²) >= 11 is 0. The molecule has 1 atom stereocenters. The monoisotopic (exact) mass is 310 g/mol. The van der Waals surface area contributed by atoms with Gasteiger partial charge >= 0.3 is 6.09 Å². The third kappa shape index (κ3) is 6.55. The summed E-state index contributed by atoms with van der Waals surface area (Å²) in [5, 5.41) is 6.65. The van der Waals surface area contributed by atoms with Gasteiger partial charge < -0.3 is 15.4 Å². The second kappa shape index (κ2) is 7.67. The summed E-state index contributed by atoms with van der Waals surface area (Å²) in [6.07, 6.45) is 7.72. The lowest BCUT2D eigenvalue weighted by Crippen LogP contribution is -2.45. The number of amides is 1. The average molecular weight is 310 g/mol. The molecule has 1 unspecified atom stereocenters. The lowest BCUT2D eigenvalue weighted by atomic mass is 9.83. The zero-order chi connectivity index (χ0) is 16.2. The first-order chi connectivity index (χ1) is 10.3. The molecule has 4 heteroatoms. The highest BCUT2D eigenvalue weighted by atomic mass is 16.6. The zero-order valence-corrected chi connectivity index (χ0v) is 14.8. The van der Waals surface area contributed by atoms with Gasteiger partial charge in [-0.25, -0.2) is 4.79 Å². The van der Waals surface area contributed by atoms with Crippen molar-refractivity contribution in [3.8, 4) is 0 Å². The van der Waals surface area contributed by atoms with Gasteiger partial charge in [-0.1, -0.05) is 19.8 Å². The van der Waals surface area contributed by atoms with E-state index < -0.39 is 5.60 Å². The Bertz CT molecular complexity index is 353. The van der Waals surface area contributed by atoms with Gasteiger partial charge in [0.25, 0.3) is 0 Å². The van der Waals surface area contributed by atoms with E-state index >= 15 is 0 Å². The van der Waals surface area contributed by atoms with Crippen LogP contribution in [0.1, 0.15) is 66.2 Å². The van der Waals surface area contributed by atoms with Crippen LogP contribution >= 0.6 is 0 Å². The molecule has 2 aliphatic rings. The smallest absolute Gasteiger partial charge is 0.407 e. The lowest BCUT2D eigenvalue weighted by molar-refractivity contribution is 0.0520. The normalized spacial score (nSPS) is 27.3. The Balaban J connectivity index is 1.68. The van der Waals surface area contributed by atoms with Crippen LogP contribution in [0.4, 0.5) is 4.79 Å². The van der Waals surface area contributed by atoms with Crippen molar-refractivity contribution in [2.45, 2.75) is 77.9 Å². The molecule has 0 bridgehead atoms. The average Bonchev–Trinajstić information content (AvgIpc) is 3.23. The van der Waals surface area contributed by atoms with E-state index in [0.29, 0.717) is 12.6 Å². The van der Waals surface area contributed by atoms with Crippen molar-refractivity contribution in [2.24, 2.45) is 17.8 Å². The van der Waals surface area contributed by atoms with Crippen molar-refractivity contribution < 1.29 is 9.53 Å². The highest BCUT2D eigenvalue weighted by Gasteiger charge is 2.32. The maximum Gasteiger partial charge on any atom is 0.407 e. The molecule has 2 saturated carbocycles. The largest absolute Gasteiger partial charge is 0.444 e. The van der Waals surface area contributed by atoms with Crippen molar-refractivity contribution >= 4 is 6.09 Å². The van der Waals surface area contributed by atoms with Gasteiger partial charge in [0.15, 0.2) is 0 Å². The predicted octanol–water partition coefficient (Wildman–Crippen LogP) is 3.71. The summed E-state index contributed by atoms with van der Waals surface area (Å²) in [6, 6.07) is 0.409. The van der Waals surface area contributed by atoms with Gasteiger partial charge in [-0.15, -0.1) is 0 Å². The third-order valence-electron chi connectivity index (χ3n) is 4.86. The van der Waals surface area contributed by atoms with Crippen molar-refractivity contribution in [3.63, 3.8) is 0 Å². The van der Waals surface area contributed by atoms with Gasteiger partial charge in [0.2, 0.25) is 0 Å². The number of hydrogen-bond acceptors (Lipinski definition) is 3. The molecule has 0 radical (unpaired) electrons. The minimum absolute atomic E-state index is 0.300. The van der Waals surface area contributed by atoms with E-state index in [-0.39, 0.29) is 6.09 Å². The molecule has 128 valence electrons. The van der Waals surface area contributed by atoms with E-state index in [1.807, 2.05) is 20.8 Å². The summed E-state index contributed by atoms with van der Waals surface area (Å²) in [4.78, 5) is 11.8. The summed E-state index contributed by atoms with van der Waals surface area (Å²) in [7, 11) is 0. The topological polar surface area (TPSA) is 50.4 Å². The van der Waals surface area contributed by atoms with E-state index in [0.717, 1.165) is 24.3 Å². The van der Waals surface area contributed by atoms with Crippen molar-refractivity contribution in [3.05, 3.63) is 0 Å². The van der Waals surface area contributed by atoms with Crippen LogP contribution in [0.15, 0.2) is 0 Å². The lowest BCUT2D eigenvalue weighted by Gasteiger charge is -2.29. The molecule has 0 aromatic heterocycles. The first-order valence-corrected chi connectivity index (χ1v) is 9.03. The third-order valence-corrected chi connectivity index (χ3v) is 4.86. The Morgan fingerprint density at radius 1 is 1.14 bits per heavy atom. The summed E-state index contributed by atoms with van der Waals surface area (Å²) in [5.41, 5.74) is -0.425. The van der Waals surface area contributed by atoms with Gasteiger partial charge in [0.05, 0.1) is 0 Å². The molecule has 0 heterocycles. The first-order valence-electron chi connectivity index (χ1n) is 9.03. The van der Waals surface area contributed by atoms with E-state index in [1.165, 1.54) is 38.5 Å². The molecule has 2 aliphatic carbocycles. The summed E-state index contributed by atoms with van der Waals surface area (Å²) in [5.74, 6) is 2.46. The molecule has 0 aliphatic heterocycles. The highest BCUT2D eigenvalue weighted by Crippen LogP contribution is 2.33. The minimum atomic E-state index is -0.425. The van der Waals surface area contributed by atoms with Gasteiger partial charge in [-0.3, -0.25) is 0 Å². The standard InChI is InChI=1S/C18H34N2O2/c1-13-5-7-14(8-6-13)11-19-16(15-9-10-15)12-20-17(21)22-18(2,3)4/h13-16,19H,5-12H2,1-4H3,(H,20,21). The molecule has 1 amide bonds. The second-order valence-corrected chi connectivity index (χ2v) is 8.36. The van der Waals surface area contributed by atoms with Gasteiger partial charge in [-0.2, -0.15) is 0 Å². The van der Waals surface area contributed by atoms with Crippen LogP contribution in [-0.4, -0.2) is 30.8 Å². The number of rotatable bonds is 6. The van der Waals surface area contributed by atoms with E-state index in [1.54, 1.807) is 0 Å². The molecule has 4 nitrogen and oxygen atoms in total. The molecule has 2 fully saturated rings.